The van der Waals surface area contributed by atoms with Gasteiger partial charge in [0.2, 0.25) is 5.91 Å². The van der Waals surface area contributed by atoms with Gasteiger partial charge in [0.1, 0.15) is 5.71 Å². The van der Waals surface area contributed by atoms with Crippen LogP contribution in [-0.2, 0) is 14.4 Å². The van der Waals surface area contributed by atoms with E-state index in [4.69, 9.17) is 10.2 Å². The summed E-state index contributed by atoms with van der Waals surface area (Å²) >= 11 is 0. The number of amides is 1. The number of carboxylic acid groups (broad SMARTS) is 2. The molecule has 1 amide bonds. The van der Waals surface area contributed by atoms with Crippen LogP contribution in [0.15, 0.2) is 5.10 Å². The number of rotatable bonds is 15. The molecule has 0 aromatic rings. The maximum absolute atomic E-state index is 11.6. The number of aliphatic carboxylic acids is 2. The SMILES string of the molecule is CCCCCCCCCCCC(=O)N/N=C(/CCC(=O)O)C(=O)O. The third-order valence-corrected chi connectivity index (χ3v) is 3.65. The van der Waals surface area contributed by atoms with Crippen molar-refractivity contribution in [1.82, 2.24) is 5.43 Å². The predicted molar refractivity (Wildman–Crippen MR) is 91.9 cm³/mol. The zero-order valence-electron chi connectivity index (χ0n) is 14.6. The molecule has 0 radical (unpaired) electrons. The molecule has 0 aliphatic rings. The first-order valence-corrected chi connectivity index (χ1v) is 8.77. The first kappa shape index (κ1) is 22.1. The molecule has 0 aliphatic carbocycles. The van der Waals surface area contributed by atoms with Gasteiger partial charge in [0.05, 0.1) is 6.42 Å². The number of nitrogens with zero attached hydrogens (tertiary/aromatic N) is 1. The molecular weight excluding hydrogens is 312 g/mol. The molecule has 138 valence electrons. The highest BCUT2D eigenvalue weighted by atomic mass is 16.4. The Morgan fingerprint density at radius 2 is 1.33 bits per heavy atom. The van der Waals surface area contributed by atoms with Crippen molar-refractivity contribution >= 4 is 23.6 Å². The Bertz CT molecular complexity index is 421. The second-order valence-electron chi connectivity index (χ2n) is 5.87. The topological polar surface area (TPSA) is 116 Å². The van der Waals surface area contributed by atoms with E-state index in [0.717, 1.165) is 19.3 Å². The van der Waals surface area contributed by atoms with Gasteiger partial charge in [-0.05, 0) is 6.42 Å². The Morgan fingerprint density at radius 3 is 1.83 bits per heavy atom. The van der Waals surface area contributed by atoms with E-state index in [9.17, 15) is 14.4 Å². The summed E-state index contributed by atoms with van der Waals surface area (Å²) in [5, 5.41) is 20.9. The monoisotopic (exact) mass is 342 g/mol. The van der Waals surface area contributed by atoms with Crippen LogP contribution in [0.1, 0.15) is 84.0 Å². The van der Waals surface area contributed by atoms with Crippen molar-refractivity contribution < 1.29 is 24.6 Å². The first-order valence-electron chi connectivity index (χ1n) is 8.77. The predicted octanol–water partition coefficient (Wildman–Crippen LogP) is 3.33. The number of hydrogen-bond acceptors (Lipinski definition) is 4. The van der Waals surface area contributed by atoms with Gasteiger partial charge in [0.25, 0.3) is 0 Å². The van der Waals surface area contributed by atoms with Gasteiger partial charge in [-0.15, -0.1) is 0 Å². The van der Waals surface area contributed by atoms with Gasteiger partial charge in [-0.25, -0.2) is 10.2 Å². The van der Waals surface area contributed by atoms with E-state index in [2.05, 4.69) is 17.5 Å². The summed E-state index contributed by atoms with van der Waals surface area (Å²) in [5.74, 6) is -2.77. The lowest BCUT2D eigenvalue weighted by Gasteiger charge is -2.03. The Hall–Kier alpha value is -1.92. The standard InChI is InChI=1S/C17H30N2O5/c1-2-3-4-5-6-7-8-9-10-11-15(20)19-18-14(17(23)24)12-13-16(21)22/h2-13H2,1H3,(H,19,20)(H,21,22)(H,23,24)/b18-14-. The zero-order chi connectivity index (χ0) is 18.2. The van der Waals surface area contributed by atoms with Crippen LogP contribution < -0.4 is 5.43 Å². The van der Waals surface area contributed by atoms with Gasteiger partial charge in [-0.3, -0.25) is 9.59 Å². The van der Waals surface area contributed by atoms with E-state index in [0.29, 0.717) is 6.42 Å². The summed E-state index contributed by atoms with van der Waals surface area (Å²) in [6.45, 7) is 2.20. The van der Waals surface area contributed by atoms with E-state index in [-0.39, 0.29) is 24.5 Å². The number of carbonyl (C=O) groups excluding carboxylic acids is 1. The van der Waals surface area contributed by atoms with Crippen molar-refractivity contribution in [3.05, 3.63) is 0 Å². The molecule has 0 aromatic heterocycles. The van der Waals surface area contributed by atoms with Gasteiger partial charge in [-0.2, -0.15) is 5.10 Å². The molecule has 24 heavy (non-hydrogen) atoms. The molecule has 0 unspecified atom stereocenters. The van der Waals surface area contributed by atoms with Crippen LogP contribution in [0.3, 0.4) is 0 Å². The lowest BCUT2D eigenvalue weighted by Crippen LogP contribution is -2.23. The molecule has 0 bridgehead atoms. The summed E-state index contributed by atoms with van der Waals surface area (Å²) in [5.41, 5.74) is 1.84. The minimum atomic E-state index is -1.32. The summed E-state index contributed by atoms with van der Waals surface area (Å²) < 4.78 is 0. The Balaban J connectivity index is 3.78. The molecule has 0 aromatic carbocycles. The average Bonchev–Trinajstić information content (AvgIpc) is 2.52. The minimum Gasteiger partial charge on any atom is -0.481 e. The number of carbonyl (C=O) groups is 3. The maximum Gasteiger partial charge on any atom is 0.352 e. The highest BCUT2D eigenvalue weighted by Crippen LogP contribution is 2.10. The zero-order valence-corrected chi connectivity index (χ0v) is 14.6. The molecular formula is C17H30N2O5. The van der Waals surface area contributed by atoms with E-state index in [1.165, 1.54) is 38.5 Å². The lowest BCUT2D eigenvalue weighted by atomic mass is 10.1. The van der Waals surface area contributed by atoms with Gasteiger partial charge < -0.3 is 10.2 Å². The van der Waals surface area contributed by atoms with Crippen LogP contribution in [0.2, 0.25) is 0 Å². The molecule has 0 fully saturated rings. The fourth-order valence-electron chi connectivity index (χ4n) is 2.22. The van der Waals surface area contributed by atoms with Crippen molar-refractivity contribution in [3.63, 3.8) is 0 Å². The van der Waals surface area contributed by atoms with Gasteiger partial charge >= 0.3 is 11.9 Å². The van der Waals surface area contributed by atoms with Crippen molar-refractivity contribution in [2.75, 3.05) is 0 Å². The van der Waals surface area contributed by atoms with Crippen molar-refractivity contribution in [2.45, 2.75) is 84.0 Å². The lowest BCUT2D eigenvalue weighted by molar-refractivity contribution is -0.136. The highest BCUT2D eigenvalue weighted by Gasteiger charge is 2.12. The van der Waals surface area contributed by atoms with E-state index < -0.39 is 11.9 Å². The summed E-state index contributed by atoms with van der Waals surface area (Å²) in [4.78, 5) is 32.9. The minimum absolute atomic E-state index is 0.219. The summed E-state index contributed by atoms with van der Waals surface area (Å²) in [7, 11) is 0. The van der Waals surface area contributed by atoms with Crippen molar-refractivity contribution in [1.29, 1.82) is 0 Å². The highest BCUT2D eigenvalue weighted by molar-refractivity contribution is 6.35. The number of hydrazone groups is 1. The molecule has 0 spiro atoms. The van der Waals surface area contributed by atoms with Gasteiger partial charge in [0, 0.05) is 12.8 Å². The fourth-order valence-corrected chi connectivity index (χ4v) is 2.22. The Labute approximate surface area is 143 Å². The van der Waals surface area contributed by atoms with Crippen molar-refractivity contribution in [3.8, 4) is 0 Å². The average molecular weight is 342 g/mol. The van der Waals surface area contributed by atoms with Gasteiger partial charge in [0.15, 0.2) is 0 Å². The van der Waals surface area contributed by atoms with Gasteiger partial charge in [-0.1, -0.05) is 58.3 Å². The number of carboxylic acids is 2. The Morgan fingerprint density at radius 1 is 0.792 bits per heavy atom. The molecule has 7 nitrogen and oxygen atoms in total. The second-order valence-corrected chi connectivity index (χ2v) is 5.87. The van der Waals surface area contributed by atoms with Crippen LogP contribution in [0.4, 0.5) is 0 Å². The molecule has 0 rings (SSSR count). The normalized spacial score (nSPS) is 11.3. The van der Waals surface area contributed by atoms with Crippen LogP contribution in [-0.4, -0.2) is 33.8 Å². The molecule has 0 saturated heterocycles. The molecule has 3 N–H and O–H groups in total. The number of hydrogen-bond donors (Lipinski definition) is 3. The van der Waals surface area contributed by atoms with Crippen LogP contribution in [0.25, 0.3) is 0 Å². The first-order chi connectivity index (χ1) is 11.5. The molecule has 0 aliphatic heterocycles. The maximum atomic E-state index is 11.6. The van der Waals surface area contributed by atoms with E-state index in [1.54, 1.807) is 0 Å². The van der Waals surface area contributed by atoms with Crippen LogP contribution in [0, 0.1) is 0 Å². The third kappa shape index (κ3) is 13.7. The molecule has 0 saturated carbocycles. The second kappa shape index (κ2) is 14.7. The Kier molecular flexibility index (Phi) is 13.5. The largest absolute Gasteiger partial charge is 0.481 e. The molecule has 0 atom stereocenters. The van der Waals surface area contributed by atoms with E-state index in [1.807, 2.05) is 0 Å². The number of unbranched alkanes of at least 4 members (excludes halogenated alkanes) is 8. The number of nitrogens with one attached hydrogen (secondary N) is 1. The smallest absolute Gasteiger partial charge is 0.352 e. The molecule has 0 heterocycles. The summed E-state index contributed by atoms with van der Waals surface area (Å²) in [6.07, 6.45) is 10.1. The van der Waals surface area contributed by atoms with Crippen LogP contribution in [0.5, 0.6) is 0 Å². The van der Waals surface area contributed by atoms with Crippen LogP contribution >= 0.6 is 0 Å². The van der Waals surface area contributed by atoms with Crippen molar-refractivity contribution in [2.24, 2.45) is 5.10 Å². The van der Waals surface area contributed by atoms with E-state index >= 15 is 0 Å². The quantitative estimate of drug-likeness (QED) is 0.240. The fraction of sp³-hybridized carbons (Fsp3) is 0.765. The third-order valence-electron chi connectivity index (χ3n) is 3.65. The summed E-state index contributed by atoms with van der Waals surface area (Å²) in [6, 6.07) is 0. The molecule has 7 heteroatoms.